The van der Waals surface area contributed by atoms with Gasteiger partial charge in [-0.25, -0.2) is 4.98 Å². The minimum absolute atomic E-state index is 0.180. The number of aromatic nitrogens is 1. The fraction of sp³-hybridized carbons (Fsp3) is 0.0909. The van der Waals surface area contributed by atoms with Crippen LogP contribution in [0.3, 0.4) is 0 Å². The Morgan fingerprint density at radius 3 is 2.57 bits per heavy atom. The van der Waals surface area contributed by atoms with Crippen LogP contribution in [0.15, 0.2) is 72.8 Å². The van der Waals surface area contributed by atoms with Gasteiger partial charge in [0, 0.05) is 0 Å². The lowest BCUT2D eigenvalue weighted by Gasteiger charge is -2.20. The first-order valence-electron chi connectivity index (χ1n) is 8.70. The molecule has 140 valence electrons. The van der Waals surface area contributed by atoms with E-state index in [0.717, 1.165) is 21.5 Å². The largest absolute Gasteiger partial charge is 0.497 e. The molecule has 0 aliphatic heterocycles. The second-order valence-corrected chi connectivity index (χ2v) is 7.60. The van der Waals surface area contributed by atoms with Crippen LogP contribution < -0.4 is 9.64 Å². The number of nitrogens with zero attached hydrogens (tertiary/aromatic N) is 2. The van der Waals surface area contributed by atoms with Crippen molar-refractivity contribution in [1.29, 1.82) is 0 Å². The van der Waals surface area contributed by atoms with E-state index in [9.17, 15) is 4.79 Å². The maximum absolute atomic E-state index is 13.4. The van der Waals surface area contributed by atoms with Crippen molar-refractivity contribution in [1.82, 2.24) is 4.98 Å². The summed E-state index contributed by atoms with van der Waals surface area (Å²) >= 11 is 7.74. The molecule has 0 N–H and O–H groups in total. The molecule has 1 heterocycles. The van der Waals surface area contributed by atoms with Gasteiger partial charge >= 0.3 is 0 Å². The number of carbonyl (C=O) groups excluding carboxylic acids is 1. The van der Waals surface area contributed by atoms with Gasteiger partial charge in [-0.3, -0.25) is 9.69 Å². The number of benzene rings is 3. The van der Waals surface area contributed by atoms with Crippen LogP contribution in [0.5, 0.6) is 5.75 Å². The van der Waals surface area contributed by atoms with Crippen LogP contribution in [0.25, 0.3) is 10.2 Å². The molecular weight excluding hydrogens is 392 g/mol. The first-order chi connectivity index (χ1) is 13.7. The highest BCUT2D eigenvalue weighted by atomic mass is 35.5. The SMILES string of the molecule is COc1ccc2nc(N(Cc3ccccc3)C(=O)c3ccccc3Cl)sc2c1. The van der Waals surface area contributed by atoms with Crippen LogP contribution in [0, 0.1) is 0 Å². The lowest BCUT2D eigenvalue weighted by Crippen LogP contribution is -2.30. The highest BCUT2D eigenvalue weighted by molar-refractivity contribution is 7.22. The molecule has 4 rings (SSSR count). The molecule has 0 atom stereocenters. The number of rotatable bonds is 5. The predicted octanol–water partition coefficient (Wildman–Crippen LogP) is 5.81. The second kappa shape index (κ2) is 8.00. The van der Waals surface area contributed by atoms with Crippen LogP contribution >= 0.6 is 22.9 Å². The molecule has 6 heteroatoms. The molecule has 0 fully saturated rings. The molecular formula is C22H17ClN2O2S. The van der Waals surface area contributed by atoms with E-state index < -0.39 is 0 Å². The molecule has 0 saturated heterocycles. The molecule has 4 aromatic rings. The van der Waals surface area contributed by atoms with Crippen molar-refractivity contribution in [3.05, 3.63) is 88.9 Å². The third-order valence-corrected chi connectivity index (χ3v) is 5.72. The minimum atomic E-state index is -0.180. The zero-order valence-corrected chi connectivity index (χ0v) is 16.7. The predicted molar refractivity (Wildman–Crippen MR) is 115 cm³/mol. The van der Waals surface area contributed by atoms with Crippen LogP contribution in [-0.4, -0.2) is 18.0 Å². The highest BCUT2D eigenvalue weighted by Gasteiger charge is 2.23. The quantitative estimate of drug-likeness (QED) is 0.418. The smallest absolute Gasteiger partial charge is 0.261 e. The molecule has 0 aliphatic rings. The van der Waals surface area contributed by atoms with E-state index in [1.165, 1.54) is 11.3 Å². The van der Waals surface area contributed by atoms with Crippen molar-refractivity contribution in [3.63, 3.8) is 0 Å². The number of hydrogen-bond acceptors (Lipinski definition) is 4. The number of hydrogen-bond donors (Lipinski definition) is 0. The Morgan fingerprint density at radius 1 is 1.07 bits per heavy atom. The van der Waals surface area contributed by atoms with Gasteiger partial charge < -0.3 is 4.74 Å². The fourth-order valence-corrected chi connectivity index (χ4v) is 4.12. The standard InChI is InChI=1S/C22H17ClN2O2S/c1-27-16-11-12-19-20(13-16)28-22(24-19)25(14-15-7-3-2-4-8-15)21(26)17-9-5-6-10-18(17)23/h2-13H,14H2,1H3. The molecule has 0 spiro atoms. The van der Waals surface area contributed by atoms with Crippen LogP contribution in [0.1, 0.15) is 15.9 Å². The van der Waals surface area contributed by atoms with Crippen LogP contribution in [0.2, 0.25) is 5.02 Å². The van der Waals surface area contributed by atoms with Crippen LogP contribution in [-0.2, 0) is 6.54 Å². The number of anilines is 1. The number of fused-ring (bicyclic) bond motifs is 1. The van der Waals surface area contributed by atoms with Crippen molar-refractivity contribution in [2.24, 2.45) is 0 Å². The zero-order valence-electron chi connectivity index (χ0n) is 15.1. The third kappa shape index (κ3) is 3.72. The summed E-state index contributed by atoms with van der Waals surface area (Å²) < 4.78 is 6.26. The summed E-state index contributed by atoms with van der Waals surface area (Å²) in [6.45, 7) is 0.405. The van der Waals surface area contributed by atoms with Crippen LogP contribution in [0.4, 0.5) is 5.13 Å². The Kier molecular flexibility index (Phi) is 5.28. The molecule has 0 bridgehead atoms. The van der Waals surface area contributed by atoms with Crippen molar-refractivity contribution in [2.45, 2.75) is 6.54 Å². The molecule has 28 heavy (non-hydrogen) atoms. The highest BCUT2D eigenvalue weighted by Crippen LogP contribution is 2.33. The number of amides is 1. The summed E-state index contributed by atoms with van der Waals surface area (Å²) in [5, 5.41) is 1.05. The summed E-state index contributed by atoms with van der Waals surface area (Å²) in [4.78, 5) is 19.7. The van der Waals surface area contributed by atoms with Gasteiger partial charge in [0.25, 0.3) is 5.91 Å². The molecule has 0 unspecified atom stereocenters. The van der Waals surface area contributed by atoms with E-state index in [4.69, 9.17) is 16.3 Å². The van der Waals surface area contributed by atoms with Gasteiger partial charge in [-0.1, -0.05) is 65.4 Å². The van der Waals surface area contributed by atoms with Gasteiger partial charge in [0.1, 0.15) is 5.75 Å². The second-order valence-electron chi connectivity index (χ2n) is 6.19. The Hall–Kier alpha value is -2.89. The third-order valence-electron chi connectivity index (χ3n) is 4.35. The van der Waals surface area contributed by atoms with E-state index in [1.54, 1.807) is 24.1 Å². The van der Waals surface area contributed by atoms with Gasteiger partial charge in [-0.05, 0) is 35.9 Å². The molecule has 0 aliphatic carbocycles. The molecule has 1 aromatic heterocycles. The summed E-state index contributed by atoms with van der Waals surface area (Å²) in [6, 6.07) is 22.6. The molecule has 3 aromatic carbocycles. The number of halogens is 1. The van der Waals surface area contributed by atoms with E-state index >= 15 is 0 Å². The topological polar surface area (TPSA) is 42.4 Å². The normalized spacial score (nSPS) is 10.8. The van der Waals surface area contributed by atoms with Gasteiger partial charge in [0.05, 0.1) is 34.5 Å². The average Bonchev–Trinajstić information content (AvgIpc) is 3.15. The first-order valence-corrected chi connectivity index (χ1v) is 9.90. The Balaban J connectivity index is 1.78. The number of ether oxygens (including phenoxy) is 1. The van der Waals surface area contributed by atoms with E-state index in [1.807, 2.05) is 60.7 Å². The lowest BCUT2D eigenvalue weighted by molar-refractivity contribution is 0.0985. The summed E-state index contributed by atoms with van der Waals surface area (Å²) in [7, 11) is 1.63. The number of carbonyl (C=O) groups is 1. The van der Waals surface area contributed by atoms with Crippen molar-refractivity contribution in [3.8, 4) is 5.75 Å². The first kappa shape index (κ1) is 18.5. The summed E-state index contributed by atoms with van der Waals surface area (Å²) in [5.74, 6) is 0.579. The maximum Gasteiger partial charge on any atom is 0.261 e. The van der Waals surface area contributed by atoms with E-state index in [0.29, 0.717) is 22.3 Å². The van der Waals surface area contributed by atoms with E-state index in [2.05, 4.69) is 4.98 Å². The molecule has 0 radical (unpaired) electrons. The van der Waals surface area contributed by atoms with Gasteiger partial charge in [-0.15, -0.1) is 0 Å². The van der Waals surface area contributed by atoms with Gasteiger partial charge in [0.15, 0.2) is 5.13 Å². The average molecular weight is 409 g/mol. The van der Waals surface area contributed by atoms with Crippen molar-refractivity contribution >= 4 is 44.2 Å². The van der Waals surface area contributed by atoms with Gasteiger partial charge in [0.2, 0.25) is 0 Å². The Labute approximate surface area is 172 Å². The van der Waals surface area contributed by atoms with Crippen molar-refractivity contribution in [2.75, 3.05) is 12.0 Å². The summed E-state index contributed by atoms with van der Waals surface area (Å²) in [6.07, 6.45) is 0. The Morgan fingerprint density at radius 2 is 1.82 bits per heavy atom. The zero-order chi connectivity index (χ0) is 19.5. The minimum Gasteiger partial charge on any atom is -0.497 e. The monoisotopic (exact) mass is 408 g/mol. The summed E-state index contributed by atoms with van der Waals surface area (Å²) in [5.41, 5.74) is 2.29. The van der Waals surface area contributed by atoms with Gasteiger partial charge in [-0.2, -0.15) is 0 Å². The maximum atomic E-state index is 13.4. The van der Waals surface area contributed by atoms with Crippen molar-refractivity contribution < 1.29 is 9.53 Å². The number of methoxy groups -OCH3 is 1. The number of thiazole rings is 1. The van der Waals surface area contributed by atoms with E-state index in [-0.39, 0.29) is 5.91 Å². The molecule has 4 nitrogen and oxygen atoms in total. The lowest BCUT2D eigenvalue weighted by atomic mass is 10.1. The molecule has 0 saturated carbocycles. The fourth-order valence-electron chi connectivity index (χ4n) is 2.91. The Bertz CT molecular complexity index is 1130. The molecule has 1 amide bonds.